The summed E-state index contributed by atoms with van der Waals surface area (Å²) in [4.78, 5) is 0. The molecule has 2 aliphatic heterocycles. The van der Waals surface area contributed by atoms with E-state index >= 15 is 0 Å². The molecular formula is C10H13ISSe. The predicted octanol–water partition coefficient (Wildman–Crippen LogP) is 3.60. The summed E-state index contributed by atoms with van der Waals surface area (Å²) < 4.78 is 4.26. The van der Waals surface area contributed by atoms with Crippen molar-refractivity contribution in [3.63, 3.8) is 0 Å². The molecule has 3 heteroatoms. The summed E-state index contributed by atoms with van der Waals surface area (Å²) in [5.41, 5.74) is 0.398. The van der Waals surface area contributed by atoms with Crippen molar-refractivity contribution in [2.45, 2.75) is 24.9 Å². The van der Waals surface area contributed by atoms with Gasteiger partial charge in [0, 0.05) is 0 Å². The quantitative estimate of drug-likeness (QED) is 0.463. The number of hydrogen-bond acceptors (Lipinski definition) is 1. The summed E-state index contributed by atoms with van der Waals surface area (Å²) in [6.45, 7) is 7.04. The van der Waals surface area contributed by atoms with Crippen molar-refractivity contribution in [1.29, 1.82) is 0 Å². The van der Waals surface area contributed by atoms with Gasteiger partial charge in [-0.25, -0.2) is 0 Å². The van der Waals surface area contributed by atoms with Gasteiger partial charge in [0.05, 0.1) is 0 Å². The molecule has 2 unspecified atom stereocenters. The zero-order chi connectivity index (χ0) is 9.64. The normalized spacial score (nSPS) is 32.9. The second kappa shape index (κ2) is 3.58. The number of allylic oxidation sites excluding steroid dienone is 3. The van der Waals surface area contributed by atoms with E-state index in [9.17, 15) is 0 Å². The van der Waals surface area contributed by atoms with Crippen LogP contribution in [0.5, 0.6) is 0 Å². The Morgan fingerprint density at radius 2 is 2.15 bits per heavy atom. The molecule has 0 amide bonds. The van der Waals surface area contributed by atoms with Crippen molar-refractivity contribution < 1.29 is 0 Å². The first-order chi connectivity index (χ1) is 6.00. The van der Waals surface area contributed by atoms with Gasteiger partial charge in [-0.05, 0) is 0 Å². The third kappa shape index (κ3) is 1.90. The maximum atomic E-state index is 2.57. The zero-order valence-corrected chi connectivity index (χ0v) is 12.7. The van der Waals surface area contributed by atoms with Crippen LogP contribution < -0.4 is 0 Å². The third-order valence-corrected chi connectivity index (χ3v) is 9.72. The average Bonchev–Trinajstić information content (AvgIpc) is 2.51. The summed E-state index contributed by atoms with van der Waals surface area (Å²) in [5.74, 6) is 0.764. The number of halogens is 1. The molecule has 2 aliphatic rings. The summed E-state index contributed by atoms with van der Waals surface area (Å²) in [5, 5.41) is 2.29. The van der Waals surface area contributed by atoms with Crippen LogP contribution in [-0.4, -0.2) is 19.1 Å². The van der Waals surface area contributed by atoms with Crippen molar-refractivity contribution in [3.05, 3.63) is 19.5 Å². The van der Waals surface area contributed by atoms with E-state index < -0.39 is 0 Å². The van der Waals surface area contributed by atoms with Gasteiger partial charge in [-0.15, -0.1) is 0 Å². The topological polar surface area (TPSA) is 0 Å². The zero-order valence-electron chi connectivity index (χ0n) is 8.00. The molecule has 0 nitrogen and oxygen atoms in total. The SMILES string of the molecule is CC(C)(C)C1=C(I)C2C=CSC2[Se]1. The Bertz CT molecular complexity index is 288. The Balaban J connectivity index is 2.31. The predicted molar refractivity (Wildman–Crippen MR) is 70.3 cm³/mol. The van der Waals surface area contributed by atoms with Crippen LogP contribution in [0.4, 0.5) is 0 Å². The molecule has 0 bridgehead atoms. The second-order valence-corrected chi connectivity index (χ2v) is 9.71. The van der Waals surface area contributed by atoms with Gasteiger partial charge in [-0.3, -0.25) is 0 Å². The number of rotatable bonds is 0. The molecular weight excluding hydrogens is 358 g/mol. The van der Waals surface area contributed by atoms with Gasteiger partial charge in [0.1, 0.15) is 0 Å². The van der Waals surface area contributed by atoms with E-state index in [0.29, 0.717) is 20.4 Å². The van der Waals surface area contributed by atoms with Gasteiger partial charge in [0.15, 0.2) is 0 Å². The molecule has 2 heterocycles. The van der Waals surface area contributed by atoms with Crippen LogP contribution in [-0.2, 0) is 0 Å². The van der Waals surface area contributed by atoms with Crippen LogP contribution in [0.2, 0.25) is 0 Å². The van der Waals surface area contributed by atoms with Gasteiger partial charge < -0.3 is 0 Å². The van der Waals surface area contributed by atoms with Gasteiger partial charge in [0.2, 0.25) is 0 Å². The Morgan fingerprint density at radius 1 is 1.46 bits per heavy atom. The Kier molecular flexibility index (Phi) is 2.92. The molecule has 0 aromatic heterocycles. The number of fused-ring (bicyclic) bond motifs is 1. The fraction of sp³-hybridized carbons (Fsp3) is 0.600. The molecule has 0 spiro atoms. The van der Waals surface area contributed by atoms with Crippen molar-refractivity contribution in [2.75, 3.05) is 0 Å². The van der Waals surface area contributed by atoms with Crippen LogP contribution in [0.3, 0.4) is 0 Å². The third-order valence-electron chi connectivity index (χ3n) is 2.22. The molecule has 0 saturated heterocycles. The Labute approximate surface area is 104 Å². The van der Waals surface area contributed by atoms with Gasteiger partial charge in [0.25, 0.3) is 0 Å². The Hall–Kier alpha value is 1.08. The van der Waals surface area contributed by atoms with Gasteiger partial charge in [-0.1, -0.05) is 0 Å². The first-order valence-electron chi connectivity index (χ1n) is 4.39. The van der Waals surface area contributed by atoms with E-state index in [-0.39, 0.29) is 0 Å². The van der Waals surface area contributed by atoms with E-state index in [1.807, 2.05) is 11.8 Å². The summed E-state index contributed by atoms with van der Waals surface area (Å²) >= 11 is 5.32. The van der Waals surface area contributed by atoms with E-state index in [0.717, 1.165) is 10.1 Å². The average molecular weight is 371 g/mol. The second-order valence-electron chi connectivity index (χ2n) is 4.40. The molecule has 0 aliphatic carbocycles. The van der Waals surface area contributed by atoms with E-state index in [1.54, 1.807) is 8.05 Å². The van der Waals surface area contributed by atoms with Crippen molar-refractivity contribution in [3.8, 4) is 0 Å². The van der Waals surface area contributed by atoms with Crippen LogP contribution in [0.1, 0.15) is 20.8 Å². The van der Waals surface area contributed by atoms with Crippen LogP contribution in [0.25, 0.3) is 0 Å². The monoisotopic (exact) mass is 372 g/mol. The fourth-order valence-electron chi connectivity index (χ4n) is 1.55. The molecule has 0 fully saturated rings. The van der Waals surface area contributed by atoms with Gasteiger partial charge >= 0.3 is 105 Å². The minimum atomic E-state index is 0.398. The molecule has 0 aromatic carbocycles. The first kappa shape index (κ1) is 10.6. The van der Waals surface area contributed by atoms with Crippen LogP contribution in [0.15, 0.2) is 19.5 Å². The molecule has 2 atom stereocenters. The molecule has 0 N–H and O–H groups in total. The van der Waals surface area contributed by atoms with E-state index in [1.165, 1.54) is 0 Å². The molecule has 0 aromatic rings. The summed E-state index contributed by atoms with van der Waals surface area (Å²) in [6, 6.07) is 0. The molecule has 0 radical (unpaired) electrons. The molecule has 72 valence electrons. The summed E-state index contributed by atoms with van der Waals surface area (Å²) in [6.07, 6.45) is 2.39. The van der Waals surface area contributed by atoms with E-state index in [4.69, 9.17) is 0 Å². The standard InChI is InChI=1S/C10H13ISSe/c1-10(2,3)8-7(11)6-4-5-12-9(6)13-8/h4-6,9H,1-3H3. The Morgan fingerprint density at radius 3 is 2.69 bits per heavy atom. The van der Waals surface area contributed by atoms with Gasteiger partial charge in [-0.2, -0.15) is 0 Å². The fourth-order valence-corrected chi connectivity index (χ4v) is 9.03. The van der Waals surface area contributed by atoms with Crippen LogP contribution >= 0.6 is 34.4 Å². The molecule has 0 saturated carbocycles. The minimum absolute atomic E-state index is 0.398. The summed E-state index contributed by atoms with van der Waals surface area (Å²) in [7, 11) is 0. The number of thioether (sulfide) groups is 1. The van der Waals surface area contributed by atoms with Crippen LogP contribution in [0, 0.1) is 11.3 Å². The first-order valence-corrected chi connectivity index (χ1v) is 8.26. The molecule has 2 rings (SSSR count). The van der Waals surface area contributed by atoms with Crippen molar-refractivity contribution >= 4 is 49.3 Å². The number of hydrogen-bond donors (Lipinski definition) is 0. The maximum absolute atomic E-state index is 2.57. The van der Waals surface area contributed by atoms with Crippen molar-refractivity contribution in [2.24, 2.45) is 11.3 Å². The molecule has 13 heavy (non-hydrogen) atoms. The van der Waals surface area contributed by atoms with E-state index in [2.05, 4.69) is 54.8 Å². The van der Waals surface area contributed by atoms with Crippen molar-refractivity contribution in [1.82, 2.24) is 0 Å².